The number of sulfonamides is 1. The average Bonchev–Trinajstić information content (AvgIpc) is 2.84. The predicted molar refractivity (Wildman–Crippen MR) is 90.4 cm³/mol. The van der Waals surface area contributed by atoms with Crippen LogP contribution in [0, 0.1) is 12.8 Å². The van der Waals surface area contributed by atoms with Crippen molar-refractivity contribution in [2.24, 2.45) is 16.6 Å². The third kappa shape index (κ3) is 5.31. The Labute approximate surface area is 132 Å². The van der Waals surface area contributed by atoms with E-state index in [1.165, 1.54) is 11.8 Å². The zero-order valence-corrected chi connectivity index (χ0v) is 13.9. The van der Waals surface area contributed by atoms with Crippen LogP contribution in [0.5, 0.6) is 0 Å². The van der Waals surface area contributed by atoms with Crippen molar-refractivity contribution in [2.45, 2.75) is 32.2 Å². The number of benzene rings is 1. The summed E-state index contributed by atoms with van der Waals surface area (Å²) < 4.78 is 25.4. The van der Waals surface area contributed by atoms with Crippen molar-refractivity contribution in [1.82, 2.24) is 4.72 Å². The van der Waals surface area contributed by atoms with Crippen molar-refractivity contribution in [3.05, 3.63) is 29.8 Å². The quantitative estimate of drug-likeness (QED) is 0.564. The first-order valence-electron chi connectivity index (χ1n) is 7.44. The molecule has 0 saturated heterocycles. The van der Waals surface area contributed by atoms with Crippen LogP contribution in [-0.4, -0.2) is 33.2 Å². The molecule has 6 nitrogen and oxygen atoms in total. The molecular weight excluding hydrogens is 300 g/mol. The Balaban J connectivity index is 1.90. The standard InChI is InChI=1S/C15H24N4O2S/c1-11-6-8-13(9-7-11)18-15(16)17-10-12-4-3-5-14(12)19-22(2,20)21/h6-9,12,14,19H,3-5,10H2,1-2H3,(H3,16,17,18). The number of rotatable bonds is 5. The molecule has 1 aromatic rings. The molecule has 0 amide bonds. The highest BCUT2D eigenvalue weighted by atomic mass is 32.2. The Morgan fingerprint density at radius 1 is 1.32 bits per heavy atom. The summed E-state index contributed by atoms with van der Waals surface area (Å²) in [7, 11) is -3.18. The molecule has 22 heavy (non-hydrogen) atoms. The Bertz CT molecular complexity index is 625. The Morgan fingerprint density at radius 2 is 2.00 bits per heavy atom. The second-order valence-corrected chi connectivity index (χ2v) is 7.68. The Kier molecular flexibility index (Phi) is 5.42. The van der Waals surface area contributed by atoms with E-state index in [1.807, 2.05) is 31.2 Å². The van der Waals surface area contributed by atoms with Crippen LogP contribution in [-0.2, 0) is 10.0 Å². The lowest BCUT2D eigenvalue weighted by Crippen LogP contribution is -2.38. The van der Waals surface area contributed by atoms with Crippen LogP contribution < -0.4 is 15.8 Å². The highest BCUT2D eigenvalue weighted by Gasteiger charge is 2.29. The fourth-order valence-electron chi connectivity index (χ4n) is 2.73. The van der Waals surface area contributed by atoms with Crippen LogP contribution in [0.2, 0.25) is 0 Å². The fourth-order valence-corrected chi connectivity index (χ4v) is 3.59. The monoisotopic (exact) mass is 324 g/mol. The predicted octanol–water partition coefficient (Wildman–Crippen LogP) is 1.44. The molecule has 2 atom stereocenters. The van der Waals surface area contributed by atoms with E-state index in [9.17, 15) is 8.42 Å². The van der Waals surface area contributed by atoms with E-state index >= 15 is 0 Å². The van der Waals surface area contributed by atoms with Crippen molar-refractivity contribution in [1.29, 1.82) is 0 Å². The molecule has 1 saturated carbocycles. The SMILES string of the molecule is Cc1ccc(NC(N)=NCC2CCCC2NS(C)(=O)=O)cc1. The lowest BCUT2D eigenvalue weighted by atomic mass is 10.1. The molecule has 1 fully saturated rings. The Morgan fingerprint density at radius 3 is 2.64 bits per heavy atom. The highest BCUT2D eigenvalue weighted by molar-refractivity contribution is 7.88. The lowest BCUT2D eigenvalue weighted by molar-refractivity contribution is 0.455. The van der Waals surface area contributed by atoms with Crippen molar-refractivity contribution < 1.29 is 8.42 Å². The number of hydrogen-bond acceptors (Lipinski definition) is 3. The minimum atomic E-state index is -3.18. The summed E-state index contributed by atoms with van der Waals surface area (Å²) in [5, 5.41) is 3.05. The number of aryl methyl sites for hydroxylation is 1. The molecule has 1 aliphatic rings. The minimum absolute atomic E-state index is 0.0362. The summed E-state index contributed by atoms with van der Waals surface area (Å²) in [6, 6.07) is 7.85. The van der Waals surface area contributed by atoms with E-state index in [4.69, 9.17) is 5.73 Å². The van der Waals surface area contributed by atoms with E-state index in [-0.39, 0.29) is 12.0 Å². The second kappa shape index (κ2) is 7.11. The molecule has 2 rings (SSSR count). The molecule has 2 unspecified atom stereocenters. The first-order chi connectivity index (χ1) is 10.3. The van der Waals surface area contributed by atoms with Crippen LogP contribution in [0.25, 0.3) is 0 Å². The van der Waals surface area contributed by atoms with Gasteiger partial charge in [-0.1, -0.05) is 24.1 Å². The molecule has 0 aliphatic heterocycles. The molecule has 0 radical (unpaired) electrons. The van der Waals surface area contributed by atoms with Gasteiger partial charge in [0.05, 0.1) is 6.26 Å². The van der Waals surface area contributed by atoms with Gasteiger partial charge in [-0.25, -0.2) is 13.1 Å². The Hall–Kier alpha value is -1.60. The van der Waals surface area contributed by atoms with E-state index in [0.717, 1.165) is 24.9 Å². The summed E-state index contributed by atoms with van der Waals surface area (Å²) in [6.45, 7) is 2.55. The number of nitrogens with two attached hydrogens (primary N) is 1. The average molecular weight is 324 g/mol. The normalized spacial score (nSPS) is 22.7. The van der Waals surface area contributed by atoms with Crippen LogP contribution in [0.15, 0.2) is 29.3 Å². The van der Waals surface area contributed by atoms with E-state index in [0.29, 0.717) is 12.5 Å². The first kappa shape index (κ1) is 16.8. The molecule has 1 aliphatic carbocycles. The van der Waals surface area contributed by atoms with Crippen molar-refractivity contribution in [3.63, 3.8) is 0 Å². The van der Waals surface area contributed by atoms with Crippen LogP contribution in [0.3, 0.4) is 0 Å². The van der Waals surface area contributed by atoms with Gasteiger partial charge in [-0.2, -0.15) is 0 Å². The molecule has 0 spiro atoms. The maximum absolute atomic E-state index is 11.4. The third-order valence-electron chi connectivity index (χ3n) is 3.84. The maximum Gasteiger partial charge on any atom is 0.208 e. The van der Waals surface area contributed by atoms with Gasteiger partial charge in [0.15, 0.2) is 5.96 Å². The highest BCUT2D eigenvalue weighted by Crippen LogP contribution is 2.26. The molecule has 1 aromatic carbocycles. The number of nitrogens with zero attached hydrogens (tertiary/aromatic N) is 1. The third-order valence-corrected chi connectivity index (χ3v) is 4.58. The van der Waals surface area contributed by atoms with E-state index in [2.05, 4.69) is 15.0 Å². The zero-order chi connectivity index (χ0) is 16.2. The van der Waals surface area contributed by atoms with Gasteiger partial charge in [-0.15, -0.1) is 0 Å². The topological polar surface area (TPSA) is 96.6 Å². The maximum atomic E-state index is 11.4. The van der Waals surface area contributed by atoms with Gasteiger partial charge < -0.3 is 11.1 Å². The van der Waals surface area contributed by atoms with Gasteiger partial charge >= 0.3 is 0 Å². The van der Waals surface area contributed by atoms with Gasteiger partial charge in [-0.05, 0) is 37.8 Å². The van der Waals surface area contributed by atoms with Gasteiger partial charge in [0, 0.05) is 18.3 Å². The number of guanidine groups is 1. The number of hydrogen-bond donors (Lipinski definition) is 3. The lowest BCUT2D eigenvalue weighted by Gasteiger charge is -2.18. The number of anilines is 1. The zero-order valence-electron chi connectivity index (χ0n) is 13.0. The number of nitrogens with one attached hydrogen (secondary N) is 2. The first-order valence-corrected chi connectivity index (χ1v) is 9.33. The summed E-state index contributed by atoms with van der Waals surface area (Å²) in [4.78, 5) is 4.35. The van der Waals surface area contributed by atoms with E-state index in [1.54, 1.807) is 0 Å². The molecule has 7 heteroatoms. The van der Waals surface area contributed by atoms with Crippen molar-refractivity contribution >= 4 is 21.7 Å². The van der Waals surface area contributed by atoms with Crippen LogP contribution in [0.1, 0.15) is 24.8 Å². The fraction of sp³-hybridized carbons (Fsp3) is 0.533. The minimum Gasteiger partial charge on any atom is -0.370 e. The summed E-state index contributed by atoms with van der Waals surface area (Å²) in [5.74, 6) is 0.557. The van der Waals surface area contributed by atoms with Gasteiger partial charge in [-0.3, -0.25) is 4.99 Å². The molecular formula is C15H24N4O2S. The van der Waals surface area contributed by atoms with Crippen molar-refractivity contribution in [2.75, 3.05) is 18.1 Å². The van der Waals surface area contributed by atoms with Crippen molar-refractivity contribution in [3.8, 4) is 0 Å². The largest absolute Gasteiger partial charge is 0.370 e. The van der Waals surface area contributed by atoms with Gasteiger partial charge in [0.25, 0.3) is 0 Å². The molecule has 4 N–H and O–H groups in total. The molecule has 0 bridgehead atoms. The van der Waals surface area contributed by atoms with Crippen LogP contribution >= 0.6 is 0 Å². The molecule has 0 aromatic heterocycles. The van der Waals surface area contributed by atoms with Gasteiger partial charge in [0.1, 0.15) is 0 Å². The summed E-state index contributed by atoms with van der Waals surface area (Å²) >= 11 is 0. The van der Waals surface area contributed by atoms with E-state index < -0.39 is 10.0 Å². The molecule has 122 valence electrons. The van der Waals surface area contributed by atoms with Gasteiger partial charge in [0.2, 0.25) is 10.0 Å². The summed E-state index contributed by atoms with van der Waals surface area (Å²) in [6.07, 6.45) is 4.03. The smallest absolute Gasteiger partial charge is 0.208 e. The summed E-state index contributed by atoms with van der Waals surface area (Å²) in [5.41, 5.74) is 7.97. The van der Waals surface area contributed by atoms with Crippen LogP contribution in [0.4, 0.5) is 5.69 Å². The second-order valence-electron chi connectivity index (χ2n) is 5.90. The number of aliphatic imine (C=N–C) groups is 1. The molecule has 0 heterocycles.